The van der Waals surface area contributed by atoms with Gasteiger partial charge in [-0.1, -0.05) is 13.0 Å². The van der Waals surface area contributed by atoms with Gasteiger partial charge >= 0.3 is 0 Å². The van der Waals surface area contributed by atoms with E-state index in [0.717, 1.165) is 11.8 Å². The second-order valence-electron chi connectivity index (χ2n) is 5.68. The van der Waals surface area contributed by atoms with E-state index in [2.05, 4.69) is 5.32 Å². The third-order valence-electron chi connectivity index (χ3n) is 3.96. The van der Waals surface area contributed by atoms with Crippen LogP contribution in [0, 0.1) is 0 Å². The maximum absolute atomic E-state index is 12.7. The molecule has 0 unspecified atom stereocenters. The number of methoxy groups -OCH3 is 3. The number of rotatable bonds is 8. The Balaban J connectivity index is 2.32. The van der Waals surface area contributed by atoms with E-state index in [1.165, 1.54) is 21.3 Å². The number of benzene rings is 2. The van der Waals surface area contributed by atoms with Crippen LogP contribution in [0.3, 0.4) is 0 Å². The van der Waals surface area contributed by atoms with Crippen molar-refractivity contribution in [2.24, 2.45) is 0 Å². The molecule has 0 radical (unpaired) electrons. The Morgan fingerprint density at radius 3 is 2.18 bits per heavy atom. The van der Waals surface area contributed by atoms with Crippen molar-refractivity contribution in [3.05, 3.63) is 41.5 Å². The number of ether oxygens (including phenoxy) is 3. The monoisotopic (exact) mass is 405 g/mol. The highest BCUT2D eigenvalue weighted by Crippen LogP contribution is 2.41. The molecule has 2 aromatic rings. The topological polar surface area (TPSA) is 94.1 Å². The molecule has 2 aromatic carbocycles. The molecule has 0 saturated carbocycles. The Labute approximate surface area is 168 Å². The van der Waals surface area contributed by atoms with Gasteiger partial charge in [0.05, 0.1) is 27.9 Å². The number of anilines is 1. The molecule has 8 heteroatoms. The Bertz CT molecular complexity index is 843. The number of aliphatic hydroxyl groups is 1. The van der Waals surface area contributed by atoms with Crippen molar-refractivity contribution in [2.75, 3.05) is 26.6 Å². The van der Waals surface area contributed by atoms with E-state index in [4.69, 9.17) is 14.2 Å². The summed E-state index contributed by atoms with van der Waals surface area (Å²) in [6, 6.07) is 8.17. The average molecular weight is 405 g/mol. The van der Waals surface area contributed by atoms with Crippen LogP contribution in [0.5, 0.6) is 17.2 Å². The smallest absolute Gasteiger partial charge is 0.224 e. The van der Waals surface area contributed by atoms with Crippen molar-refractivity contribution in [2.45, 2.75) is 24.8 Å². The first-order chi connectivity index (χ1) is 13.5. The Morgan fingerprint density at radius 1 is 1.04 bits per heavy atom. The summed E-state index contributed by atoms with van der Waals surface area (Å²) in [4.78, 5) is 25.1. The summed E-state index contributed by atoms with van der Waals surface area (Å²) >= 11 is 0.992. The zero-order chi connectivity index (χ0) is 20.7. The summed E-state index contributed by atoms with van der Waals surface area (Å²) in [6.45, 7) is 1.48. The van der Waals surface area contributed by atoms with Crippen LogP contribution in [0.4, 0.5) is 5.69 Å². The maximum atomic E-state index is 12.7. The van der Waals surface area contributed by atoms with E-state index in [-0.39, 0.29) is 17.6 Å². The van der Waals surface area contributed by atoms with Gasteiger partial charge in [0.25, 0.3) is 0 Å². The fourth-order valence-electron chi connectivity index (χ4n) is 2.48. The molecule has 0 spiro atoms. The van der Waals surface area contributed by atoms with Gasteiger partial charge in [-0.15, -0.1) is 0 Å². The molecule has 1 amide bonds. The summed E-state index contributed by atoms with van der Waals surface area (Å²) in [5, 5.41) is 11.9. The second-order valence-corrected chi connectivity index (χ2v) is 6.73. The van der Waals surface area contributed by atoms with Crippen LogP contribution in [0.2, 0.25) is 0 Å². The first-order valence-electron chi connectivity index (χ1n) is 8.53. The van der Waals surface area contributed by atoms with Gasteiger partial charge in [-0.25, -0.2) is 0 Å². The predicted molar refractivity (Wildman–Crippen MR) is 108 cm³/mol. The number of hydrogen-bond donors (Lipinski definition) is 2. The summed E-state index contributed by atoms with van der Waals surface area (Å²) in [5.74, 6) is 1.14. The van der Waals surface area contributed by atoms with E-state index in [0.29, 0.717) is 45.4 Å². The lowest BCUT2D eigenvalue weighted by molar-refractivity contribution is -0.115. The molecule has 0 heterocycles. The van der Waals surface area contributed by atoms with Crippen LogP contribution in [-0.4, -0.2) is 37.5 Å². The Hall–Kier alpha value is -2.71. The molecule has 0 saturated heterocycles. The predicted octanol–water partition coefficient (Wildman–Crippen LogP) is 3.49. The molecule has 28 heavy (non-hydrogen) atoms. The summed E-state index contributed by atoms with van der Waals surface area (Å²) in [6.07, 6.45) is 0.295. The third-order valence-corrected chi connectivity index (χ3v) is 4.85. The maximum Gasteiger partial charge on any atom is 0.224 e. The standard InChI is InChI=1S/C20H23NO6S/c1-5-18(23)21-15-8-12(6-7-13(15)11-22)20(24)28-14-9-16(25-2)19(27-4)17(10-14)26-3/h6-10,22H,5,11H2,1-4H3,(H,21,23). The molecule has 0 atom stereocenters. The van der Waals surface area contributed by atoms with Gasteiger partial charge < -0.3 is 24.6 Å². The number of amides is 1. The number of aliphatic hydroxyl groups excluding tert-OH is 1. The first kappa shape index (κ1) is 21.6. The number of carbonyl (C=O) groups excluding carboxylic acids is 2. The highest BCUT2D eigenvalue weighted by molar-refractivity contribution is 8.14. The lowest BCUT2D eigenvalue weighted by Crippen LogP contribution is -2.12. The van der Waals surface area contributed by atoms with Crippen molar-refractivity contribution < 1.29 is 28.9 Å². The van der Waals surface area contributed by atoms with Gasteiger partial charge in [-0.05, 0) is 36.0 Å². The molecule has 0 fully saturated rings. The minimum Gasteiger partial charge on any atom is -0.493 e. The van der Waals surface area contributed by atoms with Crippen LogP contribution >= 0.6 is 11.8 Å². The van der Waals surface area contributed by atoms with Crippen LogP contribution < -0.4 is 19.5 Å². The number of carbonyl (C=O) groups is 2. The molecular weight excluding hydrogens is 382 g/mol. The average Bonchev–Trinajstić information content (AvgIpc) is 2.72. The van der Waals surface area contributed by atoms with Crippen molar-refractivity contribution in [1.29, 1.82) is 0 Å². The van der Waals surface area contributed by atoms with Crippen molar-refractivity contribution in [3.63, 3.8) is 0 Å². The molecule has 7 nitrogen and oxygen atoms in total. The number of thioether (sulfide) groups is 1. The van der Waals surface area contributed by atoms with Crippen LogP contribution in [0.1, 0.15) is 29.3 Å². The van der Waals surface area contributed by atoms with Gasteiger partial charge in [-0.2, -0.15) is 0 Å². The minimum absolute atomic E-state index is 0.198. The molecule has 150 valence electrons. The molecule has 2 rings (SSSR count). The highest BCUT2D eigenvalue weighted by atomic mass is 32.2. The Morgan fingerprint density at radius 2 is 1.68 bits per heavy atom. The molecule has 0 aromatic heterocycles. The van der Waals surface area contributed by atoms with Crippen LogP contribution in [-0.2, 0) is 11.4 Å². The molecule has 2 N–H and O–H groups in total. The van der Waals surface area contributed by atoms with Gasteiger partial charge in [0.2, 0.25) is 16.8 Å². The molecule has 0 aliphatic carbocycles. The number of nitrogens with one attached hydrogen (secondary N) is 1. The molecular formula is C20H23NO6S. The zero-order valence-electron chi connectivity index (χ0n) is 16.2. The van der Waals surface area contributed by atoms with Crippen LogP contribution in [0.25, 0.3) is 0 Å². The van der Waals surface area contributed by atoms with Gasteiger partial charge in [0.15, 0.2) is 11.5 Å². The lowest BCUT2D eigenvalue weighted by Gasteiger charge is -2.14. The summed E-state index contributed by atoms with van der Waals surface area (Å²) in [5.41, 5.74) is 1.35. The normalized spacial score (nSPS) is 10.3. The first-order valence-corrected chi connectivity index (χ1v) is 9.34. The van der Waals surface area contributed by atoms with E-state index >= 15 is 0 Å². The SMILES string of the molecule is CCC(=O)Nc1cc(C(=O)Sc2cc(OC)c(OC)c(OC)c2)ccc1CO. The van der Waals surface area contributed by atoms with E-state index in [9.17, 15) is 14.7 Å². The van der Waals surface area contributed by atoms with E-state index < -0.39 is 0 Å². The van der Waals surface area contributed by atoms with Gasteiger partial charge in [0, 0.05) is 28.1 Å². The number of hydrogen-bond acceptors (Lipinski definition) is 7. The second kappa shape index (κ2) is 10.0. The zero-order valence-corrected chi connectivity index (χ0v) is 17.0. The molecule has 0 aliphatic rings. The fourth-order valence-corrected chi connectivity index (χ4v) is 3.27. The quantitative estimate of drug-likeness (QED) is 0.649. The Kier molecular flexibility index (Phi) is 7.71. The minimum atomic E-state index is -0.242. The van der Waals surface area contributed by atoms with Crippen LogP contribution in [0.15, 0.2) is 35.2 Å². The van der Waals surface area contributed by atoms with Crippen molar-refractivity contribution in [3.8, 4) is 17.2 Å². The van der Waals surface area contributed by atoms with Gasteiger partial charge in [-0.3, -0.25) is 9.59 Å². The van der Waals surface area contributed by atoms with E-state index in [1.807, 2.05) is 0 Å². The summed E-state index contributed by atoms with van der Waals surface area (Å²) < 4.78 is 15.9. The fraction of sp³-hybridized carbons (Fsp3) is 0.300. The van der Waals surface area contributed by atoms with Gasteiger partial charge in [0.1, 0.15) is 0 Å². The highest BCUT2D eigenvalue weighted by Gasteiger charge is 2.17. The molecule has 0 aliphatic heterocycles. The largest absolute Gasteiger partial charge is 0.493 e. The summed E-state index contributed by atoms with van der Waals surface area (Å²) in [7, 11) is 4.51. The molecule has 0 bridgehead atoms. The third kappa shape index (κ3) is 4.96. The van der Waals surface area contributed by atoms with Crippen molar-refractivity contribution in [1.82, 2.24) is 0 Å². The lowest BCUT2D eigenvalue weighted by atomic mass is 10.1. The van der Waals surface area contributed by atoms with Crippen molar-refractivity contribution >= 4 is 28.5 Å². The van der Waals surface area contributed by atoms with E-state index in [1.54, 1.807) is 37.3 Å².